The molecule has 2 rings (SSSR count). The first-order valence-corrected chi connectivity index (χ1v) is 8.04. The van der Waals surface area contributed by atoms with E-state index < -0.39 is 0 Å². The molecular weight excluding hydrogens is 352 g/mol. The van der Waals surface area contributed by atoms with Crippen LogP contribution in [0.5, 0.6) is 0 Å². The molecule has 1 aromatic heterocycles. The van der Waals surface area contributed by atoms with Crippen LogP contribution in [0.1, 0.15) is 23.5 Å². The Kier molecular flexibility index (Phi) is 5.14. The quantitative estimate of drug-likeness (QED) is 0.844. The summed E-state index contributed by atoms with van der Waals surface area (Å²) in [5.74, 6) is -0.249. The summed E-state index contributed by atoms with van der Waals surface area (Å²) in [6.45, 7) is 3.67. The molecule has 21 heavy (non-hydrogen) atoms. The number of hydrogen-bond donors (Lipinski definition) is 2. The van der Waals surface area contributed by atoms with E-state index >= 15 is 0 Å². The third-order valence-corrected chi connectivity index (χ3v) is 4.35. The smallest absolute Gasteiger partial charge is 0.265 e. The van der Waals surface area contributed by atoms with Gasteiger partial charge in [0.2, 0.25) is 5.91 Å². The van der Waals surface area contributed by atoms with E-state index in [9.17, 15) is 9.59 Å². The molecule has 0 aliphatic carbocycles. The van der Waals surface area contributed by atoms with E-state index in [1.54, 1.807) is 30.3 Å². The van der Waals surface area contributed by atoms with Crippen LogP contribution in [-0.4, -0.2) is 11.8 Å². The number of nitrogens with one attached hydrogen (secondary N) is 2. The van der Waals surface area contributed by atoms with Gasteiger partial charge in [-0.05, 0) is 52.3 Å². The van der Waals surface area contributed by atoms with Crippen molar-refractivity contribution in [3.63, 3.8) is 0 Å². The summed E-state index contributed by atoms with van der Waals surface area (Å²) in [7, 11) is 0. The molecule has 0 atom stereocenters. The third-order valence-electron chi connectivity index (χ3n) is 2.73. The average molecular weight is 367 g/mol. The second-order valence-electron chi connectivity index (χ2n) is 4.78. The molecule has 1 heterocycles. The number of halogens is 1. The van der Waals surface area contributed by atoms with E-state index in [0.717, 1.165) is 3.79 Å². The van der Waals surface area contributed by atoms with Crippen molar-refractivity contribution >= 4 is 50.5 Å². The third kappa shape index (κ3) is 4.41. The fourth-order valence-electron chi connectivity index (χ4n) is 1.55. The SMILES string of the molecule is CC(C)C(=O)Nc1ccc(NC(=O)c2ccc(Br)s2)cc1. The molecule has 0 bridgehead atoms. The van der Waals surface area contributed by atoms with E-state index in [4.69, 9.17) is 0 Å². The minimum absolute atomic E-state index is 0.0322. The second-order valence-corrected chi connectivity index (χ2v) is 7.24. The Bertz CT molecular complexity index is 650. The zero-order valence-electron chi connectivity index (χ0n) is 11.6. The van der Waals surface area contributed by atoms with Crippen molar-refractivity contribution in [2.75, 3.05) is 10.6 Å². The highest BCUT2D eigenvalue weighted by Gasteiger charge is 2.10. The van der Waals surface area contributed by atoms with Crippen LogP contribution in [0.2, 0.25) is 0 Å². The number of thiophene rings is 1. The first kappa shape index (κ1) is 15.7. The van der Waals surface area contributed by atoms with Gasteiger partial charge in [0, 0.05) is 17.3 Å². The molecule has 0 spiro atoms. The van der Waals surface area contributed by atoms with Gasteiger partial charge in [-0.15, -0.1) is 11.3 Å². The molecule has 0 saturated carbocycles. The number of benzene rings is 1. The molecule has 6 heteroatoms. The minimum Gasteiger partial charge on any atom is -0.326 e. The maximum Gasteiger partial charge on any atom is 0.265 e. The van der Waals surface area contributed by atoms with Crippen molar-refractivity contribution in [3.8, 4) is 0 Å². The molecule has 1 aromatic carbocycles. The average Bonchev–Trinajstić information content (AvgIpc) is 2.87. The van der Waals surface area contributed by atoms with Crippen LogP contribution in [0.15, 0.2) is 40.2 Å². The number of hydrogen-bond acceptors (Lipinski definition) is 3. The highest BCUT2D eigenvalue weighted by atomic mass is 79.9. The largest absolute Gasteiger partial charge is 0.326 e. The molecule has 2 amide bonds. The van der Waals surface area contributed by atoms with Gasteiger partial charge in [-0.2, -0.15) is 0 Å². The van der Waals surface area contributed by atoms with Crippen LogP contribution >= 0.6 is 27.3 Å². The lowest BCUT2D eigenvalue weighted by molar-refractivity contribution is -0.118. The topological polar surface area (TPSA) is 58.2 Å². The molecule has 0 unspecified atom stereocenters. The van der Waals surface area contributed by atoms with Crippen molar-refractivity contribution < 1.29 is 9.59 Å². The molecule has 0 radical (unpaired) electrons. The van der Waals surface area contributed by atoms with Gasteiger partial charge in [-0.25, -0.2) is 0 Å². The highest BCUT2D eigenvalue weighted by molar-refractivity contribution is 9.11. The number of carbonyl (C=O) groups excluding carboxylic acids is 2. The van der Waals surface area contributed by atoms with Gasteiger partial charge in [0.15, 0.2) is 0 Å². The molecule has 0 aliphatic rings. The summed E-state index contributed by atoms with van der Waals surface area (Å²) in [5, 5.41) is 5.61. The lowest BCUT2D eigenvalue weighted by atomic mass is 10.2. The predicted molar refractivity (Wildman–Crippen MR) is 89.9 cm³/mol. The van der Waals surface area contributed by atoms with Gasteiger partial charge < -0.3 is 10.6 Å². The maximum atomic E-state index is 12.0. The number of rotatable bonds is 4. The van der Waals surface area contributed by atoms with Gasteiger partial charge >= 0.3 is 0 Å². The zero-order chi connectivity index (χ0) is 15.4. The summed E-state index contributed by atoms with van der Waals surface area (Å²) in [6, 6.07) is 10.7. The molecule has 0 saturated heterocycles. The Morgan fingerprint density at radius 1 is 1.00 bits per heavy atom. The monoisotopic (exact) mass is 366 g/mol. The van der Waals surface area contributed by atoms with Crippen molar-refractivity contribution in [2.24, 2.45) is 5.92 Å². The van der Waals surface area contributed by atoms with Gasteiger partial charge in [0.25, 0.3) is 5.91 Å². The summed E-state index contributed by atoms with van der Waals surface area (Å²) >= 11 is 4.71. The van der Waals surface area contributed by atoms with E-state index in [1.165, 1.54) is 11.3 Å². The van der Waals surface area contributed by atoms with Gasteiger partial charge in [-0.3, -0.25) is 9.59 Å². The highest BCUT2D eigenvalue weighted by Crippen LogP contribution is 2.23. The first-order valence-electron chi connectivity index (χ1n) is 6.43. The first-order chi connectivity index (χ1) is 9.95. The van der Waals surface area contributed by atoms with E-state index in [0.29, 0.717) is 16.3 Å². The molecule has 0 fully saturated rings. The zero-order valence-corrected chi connectivity index (χ0v) is 14.0. The fourth-order valence-corrected chi connectivity index (χ4v) is 2.83. The summed E-state index contributed by atoms with van der Waals surface area (Å²) in [5.41, 5.74) is 1.40. The Balaban J connectivity index is 1.99. The van der Waals surface area contributed by atoms with Crippen LogP contribution < -0.4 is 10.6 Å². The lowest BCUT2D eigenvalue weighted by Crippen LogP contribution is -2.17. The van der Waals surface area contributed by atoms with Crippen molar-refractivity contribution in [1.29, 1.82) is 0 Å². The number of anilines is 2. The van der Waals surface area contributed by atoms with Gasteiger partial charge in [-0.1, -0.05) is 13.8 Å². The van der Waals surface area contributed by atoms with E-state index in [-0.39, 0.29) is 17.7 Å². The standard InChI is InChI=1S/C15H15BrN2O2S/c1-9(2)14(19)17-10-3-5-11(6-4-10)18-15(20)12-7-8-13(16)21-12/h3-9H,1-2H3,(H,17,19)(H,18,20). The molecule has 110 valence electrons. The summed E-state index contributed by atoms with van der Waals surface area (Å²) < 4.78 is 0.916. The van der Waals surface area contributed by atoms with Crippen molar-refractivity contribution in [2.45, 2.75) is 13.8 Å². The fraction of sp³-hybridized carbons (Fsp3) is 0.200. The maximum absolute atomic E-state index is 12.0. The van der Waals surface area contributed by atoms with Crippen LogP contribution in [-0.2, 0) is 4.79 Å². The minimum atomic E-state index is -0.148. The van der Waals surface area contributed by atoms with Crippen LogP contribution in [0.3, 0.4) is 0 Å². The van der Waals surface area contributed by atoms with Crippen molar-refractivity contribution in [3.05, 3.63) is 45.1 Å². The van der Waals surface area contributed by atoms with Gasteiger partial charge in [0.1, 0.15) is 0 Å². The Morgan fingerprint density at radius 2 is 1.57 bits per heavy atom. The molecule has 0 aliphatic heterocycles. The Labute approximate surface area is 135 Å². The van der Waals surface area contributed by atoms with Gasteiger partial charge in [0.05, 0.1) is 8.66 Å². The number of amides is 2. The summed E-state index contributed by atoms with van der Waals surface area (Å²) in [4.78, 5) is 24.2. The van der Waals surface area contributed by atoms with Crippen molar-refractivity contribution in [1.82, 2.24) is 0 Å². The number of carbonyl (C=O) groups is 2. The van der Waals surface area contributed by atoms with Crippen LogP contribution in [0.25, 0.3) is 0 Å². The Hall–Kier alpha value is -1.66. The Morgan fingerprint density at radius 3 is 2.05 bits per heavy atom. The lowest BCUT2D eigenvalue weighted by Gasteiger charge is -2.09. The summed E-state index contributed by atoms with van der Waals surface area (Å²) in [6.07, 6.45) is 0. The van der Waals surface area contributed by atoms with E-state index in [1.807, 2.05) is 19.9 Å². The van der Waals surface area contributed by atoms with E-state index in [2.05, 4.69) is 26.6 Å². The predicted octanol–water partition coefficient (Wildman–Crippen LogP) is 4.36. The second kappa shape index (κ2) is 6.87. The molecule has 4 nitrogen and oxygen atoms in total. The molecular formula is C15H15BrN2O2S. The normalized spacial score (nSPS) is 10.5. The molecule has 2 N–H and O–H groups in total. The van der Waals surface area contributed by atoms with Crippen LogP contribution in [0.4, 0.5) is 11.4 Å². The molecule has 2 aromatic rings. The van der Waals surface area contributed by atoms with Crippen LogP contribution in [0, 0.1) is 5.92 Å².